The summed E-state index contributed by atoms with van der Waals surface area (Å²) in [7, 11) is 0. The lowest BCUT2D eigenvalue weighted by atomic mass is 9.95. The number of nitrogens with one attached hydrogen (secondary N) is 2. The topological polar surface area (TPSA) is 71.8 Å². The summed E-state index contributed by atoms with van der Waals surface area (Å²) in [6, 6.07) is 8.73. The number of aromatic nitrogens is 3. The molecule has 6 nitrogen and oxygen atoms in total. The maximum atomic E-state index is 13.8. The van der Waals surface area contributed by atoms with Crippen LogP contribution < -0.4 is 10.6 Å². The Labute approximate surface area is 183 Å². The van der Waals surface area contributed by atoms with E-state index in [9.17, 15) is 18.0 Å². The van der Waals surface area contributed by atoms with Crippen LogP contribution in [-0.4, -0.2) is 26.8 Å². The summed E-state index contributed by atoms with van der Waals surface area (Å²) >= 11 is 0. The van der Waals surface area contributed by atoms with Crippen LogP contribution in [0.25, 0.3) is 0 Å². The zero-order chi connectivity index (χ0) is 22.9. The summed E-state index contributed by atoms with van der Waals surface area (Å²) in [4.78, 5) is 17.0. The van der Waals surface area contributed by atoms with Crippen LogP contribution in [0.1, 0.15) is 58.2 Å². The molecule has 0 radical (unpaired) electrons. The van der Waals surface area contributed by atoms with Crippen molar-refractivity contribution in [2.45, 2.75) is 51.5 Å². The SMILES string of the molecule is CCc1ccc([C@H]2C[C@@H](C(F)(F)F)n3ncc(C(=O)NCc4ccc(C)cn4)c3N2)cc1. The average molecular weight is 443 g/mol. The van der Waals surface area contributed by atoms with Crippen LogP contribution >= 0.6 is 0 Å². The Morgan fingerprint density at radius 1 is 1.19 bits per heavy atom. The second-order valence-electron chi connectivity index (χ2n) is 7.95. The normalized spacial score (nSPS) is 18.0. The lowest BCUT2D eigenvalue weighted by Crippen LogP contribution is -2.36. The maximum absolute atomic E-state index is 13.8. The Hall–Kier alpha value is -3.36. The minimum Gasteiger partial charge on any atom is -0.363 e. The quantitative estimate of drug-likeness (QED) is 0.598. The Kier molecular flexibility index (Phi) is 5.90. The third-order valence-corrected chi connectivity index (χ3v) is 5.68. The van der Waals surface area contributed by atoms with Gasteiger partial charge in [0.25, 0.3) is 5.91 Å². The van der Waals surface area contributed by atoms with Gasteiger partial charge in [-0.25, -0.2) is 4.68 Å². The van der Waals surface area contributed by atoms with Crippen LogP contribution in [0.4, 0.5) is 19.0 Å². The summed E-state index contributed by atoms with van der Waals surface area (Å²) in [5, 5.41) is 9.74. The molecule has 0 saturated heterocycles. The molecule has 0 fully saturated rings. The molecule has 2 aromatic heterocycles. The number of pyridine rings is 1. The molecule has 1 aliphatic rings. The predicted octanol–water partition coefficient (Wildman–Crippen LogP) is 4.74. The fourth-order valence-corrected chi connectivity index (χ4v) is 3.80. The van der Waals surface area contributed by atoms with Gasteiger partial charge in [0.05, 0.1) is 24.5 Å². The van der Waals surface area contributed by atoms with E-state index in [4.69, 9.17) is 0 Å². The summed E-state index contributed by atoms with van der Waals surface area (Å²) in [5.41, 5.74) is 3.55. The van der Waals surface area contributed by atoms with Crippen LogP contribution in [0.5, 0.6) is 0 Å². The van der Waals surface area contributed by atoms with Gasteiger partial charge in [-0.2, -0.15) is 18.3 Å². The number of halogens is 3. The van der Waals surface area contributed by atoms with Crippen molar-refractivity contribution < 1.29 is 18.0 Å². The van der Waals surface area contributed by atoms with Crippen molar-refractivity contribution in [3.63, 3.8) is 0 Å². The Bertz CT molecular complexity index is 1090. The summed E-state index contributed by atoms with van der Waals surface area (Å²) in [6.07, 6.45) is -0.993. The highest BCUT2D eigenvalue weighted by Crippen LogP contribution is 2.44. The second kappa shape index (κ2) is 8.64. The first-order valence-electron chi connectivity index (χ1n) is 10.5. The number of carbonyl (C=O) groups excluding carboxylic acids is 1. The third kappa shape index (κ3) is 4.46. The van der Waals surface area contributed by atoms with Crippen molar-refractivity contribution in [1.29, 1.82) is 0 Å². The van der Waals surface area contributed by atoms with Gasteiger partial charge in [0.1, 0.15) is 11.4 Å². The highest BCUT2D eigenvalue weighted by Gasteiger charge is 2.47. The largest absolute Gasteiger partial charge is 0.410 e. The summed E-state index contributed by atoms with van der Waals surface area (Å²) in [5.74, 6) is -0.443. The van der Waals surface area contributed by atoms with E-state index in [1.807, 2.05) is 44.2 Å². The molecule has 0 bridgehead atoms. The Morgan fingerprint density at radius 3 is 2.56 bits per heavy atom. The van der Waals surface area contributed by atoms with E-state index in [2.05, 4.69) is 20.7 Å². The van der Waals surface area contributed by atoms with E-state index in [0.29, 0.717) is 5.69 Å². The number of fused-ring (bicyclic) bond motifs is 1. The first kappa shape index (κ1) is 21.9. The van der Waals surface area contributed by atoms with Crippen molar-refractivity contribution in [3.8, 4) is 0 Å². The Morgan fingerprint density at radius 2 is 1.94 bits per heavy atom. The monoisotopic (exact) mass is 443 g/mol. The molecule has 1 aliphatic heterocycles. The van der Waals surface area contributed by atoms with Gasteiger partial charge in [0.15, 0.2) is 6.04 Å². The molecule has 168 valence electrons. The molecule has 0 unspecified atom stereocenters. The molecule has 0 saturated carbocycles. The zero-order valence-corrected chi connectivity index (χ0v) is 17.8. The number of aryl methyl sites for hydroxylation is 2. The van der Waals surface area contributed by atoms with E-state index in [0.717, 1.165) is 27.8 Å². The maximum Gasteiger partial charge on any atom is 0.410 e. The number of carbonyl (C=O) groups is 1. The van der Waals surface area contributed by atoms with Gasteiger partial charge in [-0.1, -0.05) is 37.3 Å². The third-order valence-electron chi connectivity index (χ3n) is 5.68. The summed E-state index contributed by atoms with van der Waals surface area (Å²) in [6.45, 7) is 4.08. The molecule has 1 aromatic carbocycles. The standard InChI is InChI=1S/C23H24F3N5O/c1-3-15-5-7-16(8-6-15)19-10-20(23(24,25)26)31-21(30-19)18(13-29-31)22(32)28-12-17-9-4-14(2)11-27-17/h4-9,11,13,19-20,30H,3,10,12H2,1-2H3,(H,28,32)/t19-,20+/m1/s1. The number of alkyl halides is 3. The summed E-state index contributed by atoms with van der Waals surface area (Å²) < 4.78 is 42.4. The van der Waals surface area contributed by atoms with Crippen LogP contribution in [0.2, 0.25) is 0 Å². The van der Waals surface area contributed by atoms with Gasteiger partial charge < -0.3 is 10.6 Å². The Balaban J connectivity index is 1.60. The van der Waals surface area contributed by atoms with Gasteiger partial charge in [0.2, 0.25) is 0 Å². The van der Waals surface area contributed by atoms with Crippen molar-refractivity contribution in [2.75, 3.05) is 5.32 Å². The van der Waals surface area contributed by atoms with Gasteiger partial charge in [-0.3, -0.25) is 9.78 Å². The van der Waals surface area contributed by atoms with Gasteiger partial charge >= 0.3 is 6.18 Å². The highest BCUT2D eigenvalue weighted by molar-refractivity contribution is 5.98. The molecule has 3 aromatic rings. The van der Waals surface area contributed by atoms with Crippen LogP contribution in [-0.2, 0) is 13.0 Å². The molecule has 0 aliphatic carbocycles. The van der Waals surface area contributed by atoms with Crippen LogP contribution in [0.3, 0.4) is 0 Å². The molecule has 9 heteroatoms. The molecule has 2 atom stereocenters. The highest BCUT2D eigenvalue weighted by atomic mass is 19.4. The lowest BCUT2D eigenvalue weighted by molar-refractivity contribution is -0.173. The van der Waals surface area contributed by atoms with Gasteiger partial charge in [-0.05, 0) is 36.1 Å². The van der Waals surface area contributed by atoms with Crippen molar-refractivity contribution in [1.82, 2.24) is 20.1 Å². The number of benzene rings is 1. The fraction of sp³-hybridized carbons (Fsp3) is 0.348. The molecule has 32 heavy (non-hydrogen) atoms. The second-order valence-corrected chi connectivity index (χ2v) is 7.95. The first-order chi connectivity index (χ1) is 15.3. The number of hydrogen-bond donors (Lipinski definition) is 2. The average Bonchev–Trinajstić information content (AvgIpc) is 3.21. The van der Waals surface area contributed by atoms with E-state index < -0.39 is 24.2 Å². The first-order valence-corrected chi connectivity index (χ1v) is 10.5. The van der Waals surface area contributed by atoms with Gasteiger partial charge in [0, 0.05) is 12.6 Å². The van der Waals surface area contributed by atoms with Crippen LogP contribution in [0.15, 0.2) is 48.8 Å². The van der Waals surface area contributed by atoms with E-state index in [1.165, 1.54) is 6.20 Å². The molecular formula is C23H24F3N5O. The number of amides is 1. The van der Waals surface area contributed by atoms with Crippen molar-refractivity contribution >= 4 is 11.7 Å². The lowest BCUT2D eigenvalue weighted by Gasteiger charge is -2.34. The fourth-order valence-electron chi connectivity index (χ4n) is 3.80. The minimum atomic E-state index is -4.50. The van der Waals surface area contributed by atoms with Crippen molar-refractivity contribution in [2.24, 2.45) is 0 Å². The molecule has 2 N–H and O–H groups in total. The van der Waals surface area contributed by atoms with Crippen molar-refractivity contribution in [3.05, 3.63) is 76.7 Å². The van der Waals surface area contributed by atoms with E-state index in [1.54, 1.807) is 12.3 Å². The zero-order valence-electron chi connectivity index (χ0n) is 17.8. The van der Waals surface area contributed by atoms with Crippen LogP contribution in [0, 0.1) is 6.92 Å². The smallest absolute Gasteiger partial charge is 0.363 e. The molecular weight excluding hydrogens is 419 g/mol. The molecule has 0 spiro atoms. The predicted molar refractivity (Wildman–Crippen MR) is 114 cm³/mol. The molecule has 3 heterocycles. The number of nitrogens with zero attached hydrogens (tertiary/aromatic N) is 3. The van der Waals surface area contributed by atoms with E-state index in [-0.39, 0.29) is 24.3 Å². The number of rotatable bonds is 5. The minimum absolute atomic E-state index is 0.0671. The number of hydrogen-bond acceptors (Lipinski definition) is 4. The number of anilines is 1. The molecule has 1 amide bonds. The van der Waals surface area contributed by atoms with E-state index >= 15 is 0 Å². The van der Waals surface area contributed by atoms with Gasteiger partial charge in [-0.15, -0.1) is 0 Å². The molecule has 4 rings (SSSR count).